The van der Waals surface area contributed by atoms with Crippen LogP contribution in [0.3, 0.4) is 0 Å². The Morgan fingerprint density at radius 2 is 1.00 bits per heavy atom. The van der Waals surface area contributed by atoms with Crippen LogP contribution in [0.15, 0.2) is 239 Å². The normalized spacial score (nSPS) is 14.3. The van der Waals surface area contributed by atoms with E-state index in [1.807, 2.05) is 29.5 Å². The molecule has 1 atom stereocenters. The fraction of sp³-hybridized carbons (Fsp3) is 0.0312. The van der Waals surface area contributed by atoms with Crippen LogP contribution in [0.4, 0.5) is 0 Å². The molecule has 71 heavy (non-hydrogen) atoms. The summed E-state index contributed by atoms with van der Waals surface area (Å²) in [7, 11) is 2.10. The van der Waals surface area contributed by atoms with Gasteiger partial charge in [0.05, 0.1) is 33.1 Å². The van der Waals surface area contributed by atoms with Crippen molar-refractivity contribution < 1.29 is 4.42 Å². The van der Waals surface area contributed by atoms with Crippen LogP contribution in [0.2, 0.25) is 0 Å². The number of hydrogen-bond acceptors (Lipinski definition) is 5. The van der Waals surface area contributed by atoms with Crippen LogP contribution >= 0.6 is 11.3 Å². The number of rotatable bonds is 6. The number of thiophene rings is 1. The van der Waals surface area contributed by atoms with E-state index in [4.69, 9.17) is 14.4 Å². The van der Waals surface area contributed by atoms with E-state index < -0.39 is 6.17 Å². The summed E-state index contributed by atoms with van der Waals surface area (Å²) in [5.41, 5.74) is 13.8. The molecule has 0 aliphatic carbocycles. The van der Waals surface area contributed by atoms with Crippen molar-refractivity contribution >= 4 is 109 Å². The molecule has 0 bridgehead atoms. The molecule has 4 aromatic heterocycles. The van der Waals surface area contributed by atoms with Gasteiger partial charge in [-0.2, -0.15) is 0 Å². The third-order valence-electron chi connectivity index (χ3n) is 14.6. The van der Waals surface area contributed by atoms with Gasteiger partial charge in [-0.1, -0.05) is 176 Å². The second-order valence-corrected chi connectivity index (χ2v) is 19.5. The van der Waals surface area contributed by atoms with Crippen LogP contribution in [0.1, 0.15) is 22.9 Å². The summed E-state index contributed by atoms with van der Waals surface area (Å²) in [6.45, 7) is 0. The van der Waals surface area contributed by atoms with E-state index in [2.05, 4.69) is 227 Å². The van der Waals surface area contributed by atoms with Gasteiger partial charge in [-0.05, 0) is 59.7 Å². The lowest BCUT2D eigenvalue weighted by atomic mass is 10.0. The van der Waals surface area contributed by atoms with E-state index in [9.17, 15) is 0 Å². The number of fused-ring (bicyclic) bond motifs is 15. The fourth-order valence-electron chi connectivity index (χ4n) is 11.4. The zero-order valence-electron chi connectivity index (χ0n) is 38.5. The Morgan fingerprint density at radius 3 is 1.75 bits per heavy atom. The van der Waals surface area contributed by atoms with Crippen molar-refractivity contribution in [1.82, 2.24) is 14.0 Å². The molecule has 1 aliphatic rings. The topological polar surface area (TPSA) is 51.0 Å². The monoisotopic (exact) mass is 927 g/mol. The minimum absolute atomic E-state index is 0.463. The lowest BCUT2D eigenvalue weighted by Crippen LogP contribution is -2.35. The van der Waals surface area contributed by atoms with Gasteiger partial charge < -0.3 is 18.5 Å². The molecule has 0 saturated heterocycles. The van der Waals surface area contributed by atoms with E-state index >= 15 is 0 Å². The number of benzene rings is 10. The summed E-state index contributed by atoms with van der Waals surface area (Å²) in [5.74, 6) is 1.51. The SMILES string of the molecule is CN1C(c2ccc(-c3ccccc3)cc2)=NC(c2ccccc2)=NC1c1ccc(-n2c3ccccc3c3c4c(c5ccccc5n4-c4ccccc4)c4sc5ccccc5c4c32)c2c1oc1ccccc12. The molecule has 0 amide bonds. The van der Waals surface area contributed by atoms with E-state index in [0.717, 1.165) is 66.9 Å². The number of para-hydroxylation sites is 4. The number of amidine groups is 2. The molecule has 0 fully saturated rings. The van der Waals surface area contributed by atoms with Gasteiger partial charge in [0.25, 0.3) is 0 Å². The maximum atomic E-state index is 7.17. The Hall–Kier alpha value is -9.04. The Morgan fingerprint density at radius 1 is 0.451 bits per heavy atom. The summed E-state index contributed by atoms with van der Waals surface area (Å²) in [4.78, 5) is 13.0. The zero-order chi connectivity index (χ0) is 46.7. The molecule has 0 N–H and O–H groups in total. The molecular formula is C64H41N5OS. The largest absolute Gasteiger partial charge is 0.456 e. The third-order valence-corrected chi connectivity index (χ3v) is 15.7. The second kappa shape index (κ2) is 15.5. The minimum Gasteiger partial charge on any atom is -0.456 e. The smallest absolute Gasteiger partial charge is 0.159 e. The molecule has 0 saturated carbocycles. The first-order chi connectivity index (χ1) is 35.2. The van der Waals surface area contributed by atoms with Gasteiger partial charge in [0.1, 0.15) is 17.0 Å². The first kappa shape index (κ1) is 39.9. The Labute approximate surface area is 411 Å². The van der Waals surface area contributed by atoms with E-state index in [0.29, 0.717) is 5.84 Å². The Bertz CT molecular complexity index is 4520. The van der Waals surface area contributed by atoms with Crippen molar-refractivity contribution in [1.29, 1.82) is 0 Å². The molecule has 1 aliphatic heterocycles. The van der Waals surface area contributed by atoms with Gasteiger partial charge in [-0.3, -0.25) is 0 Å². The van der Waals surface area contributed by atoms with Crippen molar-refractivity contribution in [2.45, 2.75) is 6.17 Å². The van der Waals surface area contributed by atoms with Gasteiger partial charge in [0.2, 0.25) is 0 Å². The molecule has 0 spiro atoms. The number of furan rings is 1. The number of nitrogens with zero attached hydrogens (tertiary/aromatic N) is 5. The second-order valence-electron chi connectivity index (χ2n) is 18.4. The summed E-state index contributed by atoms with van der Waals surface area (Å²) >= 11 is 1.89. The maximum absolute atomic E-state index is 7.17. The molecular weight excluding hydrogens is 887 g/mol. The fourth-order valence-corrected chi connectivity index (χ4v) is 12.7. The van der Waals surface area contributed by atoms with Crippen LogP contribution in [-0.2, 0) is 0 Å². The molecule has 6 nitrogen and oxygen atoms in total. The number of aromatic nitrogens is 2. The van der Waals surface area contributed by atoms with Gasteiger partial charge in [-0.25, -0.2) is 9.98 Å². The predicted octanol–water partition coefficient (Wildman–Crippen LogP) is 16.7. The van der Waals surface area contributed by atoms with Crippen LogP contribution in [0, 0.1) is 0 Å². The molecule has 15 rings (SSSR count). The van der Waals surface area contributed by atoms with Crippen LogP contribution in [0.25, 0.3) is 108 Å². The lowest BCUT2D eigenvalue weighted by molar-refractivity contribution is 0.382. The highest BCUT2D eigenvalue weighted by molar-refractivity contribution is 7.27. The average Bonchev–Trinajstić information content (AvgIpc) is 4.21. The van der Waals surface area contributed by atoms with E-state index in [1.165, 1.54) is 63.8 Å². The first-order valence-electron chi connectivity index (χ1n) is 24.1. The zero-order valence-corrected chi connectivity index (χ0v) is 39.3. The van der Waals surface area contributed by atoms with Crippen molar-refractivity contribution in [3.8, 4) is 22.5 Å². The quantitative estimate of drug-likeness (QED) is 0.167. The van der Waals surface area contributed by atoms with Crippen molar-refractivity contribution in [2.24, 2.45) is 9.98 Å². The average molecular weight is 928 g/mol. The molecule has 14 aromatic rings. The minimum atomic E-state index is -0.463. The summed E-state index contributed by atoms with van der Waals surface area (Å²) < 4.78 is 14.8. The van der Waals surface area contributed by atoms with Crippen molar-refractivity contribution in [3.63, 3.8) is 0 Å². The molecule has 1 unspecified atom stereocenters. The van der Waals surface area contributed by atoms with Crippen LogP contribution in [-0.4, -0.2) is 32.8 Å². The lowest BCUT2D eigenvalue weighted by Gasteiger charge is -2.32. The van der Waals surface area contributed by atoms with Crippen molar-refractivity contribution in [2.75, 3.05) is 7.05 Å². The number of aliphatic imine (C=N–C) groups is 2. The molecule has 10 aromatic carbocycles. The summed E-state index contributed by atoms with van der Waals surface area (Å²) in [6, 6.07) is 80.2. The highest BCUT2D eigenvalue weighted by atomic mass is 32.1. The van der Waals surface area contributed by atoms with Gasteiger partial charge in [-0.15, -0.1) is 11.3 Å². The van der Waals surface area contributed by atoms with Gasteiger partial charge in [0.15, 0.2) is 12.0 Å². The highest BCUT2D eigenvalue weighted by Crippen LogP contribution is 2.52. The molecule has 0 radical (unpaired) electrons. The Balaban J connectivity index is 1.03. The third kappa shape index (κ3) is 5.87. The highest BCUT2D eigenvalue weighted by Gasteiger charge is 2.32. The van der Waals surface area contributed by atoms with E-state index in [1.54, 1.807) is 0 Å². The molecule has 7 heteroatoms. The summed E-state index contributed by atoms with van der Waals surface area (Å²) in [5, 5.41) is 9.54. The van der Waals surface area contributed by atoms with E-state index in [-0.39, 0.29) is 0 Å². The van der Waals surface area contributed by atoms with Crippen LogP contribution < -0.4 is 0 Å². The van der Waals surface area contributed by atoms with Crippen LogP contribution in [0.5, 0.6) is 0 Å². The van der Waals surface area contributed by atoms with Gasteiger partial charge >= 0.3 is 0 Å². The summed E-state index contributed by atoms with van der Waals surface area (Å²) in [6.07, 6.45) is -0.463. The Kier molecular flexibility index (Phi) is 8.70. The predicted molar refractivity (Wildman–Crippen MR) is 297 cm³/mol. The molecule has 5 heterocycles. The van der Waals surface area contributed by atoms with Gasteiger partial charge in [0, 0.05) is 76.5 Å². The first-order valence-corrected chi connectivity index (χ1v) is 24.9. The maximum Gasteiger partial charge on any atom is 0.159 e. The number of hydrogen-bond donors (Lipinski definition) is 0. The standard InChI is InChI=1S/C64H41N5OS/c1-67-63(42-35-33-40(34-36-42)39-19-5-2-6-20-39)65-62(41-21-7-3-8-22-41)66-64(67)48-37-38-51(54-46-27-13-17-31-52(46)70-60(48)54)69-50-30-16-11-25-44(50)55-58-56(61-57(59(55)69)47-28-14-18-32-53(47)71-61)45-26-12-15-29-49(45)68(58)43-23-9-4-10-24-43/h2-38,64H,1H3. The molecule has 334 valence electrons. The van der Waals surface area contributed by atoms with Crippen molar-refractivity contribution in [3.05, 3.63) is 241 Å².